The standard InChI is InChI=1S/C15H22N4O3/c1-18-12(3-7-16-18)4-8-19-9-5-15(6-10-19)11-13(17-22-15)14(20)21-2/h3,7H,4-6,8-11H2,1-2H3. The first-order valence-electron chi connectivity index (χ1n) is 7.64. The van der Waals surface area contributed by atoms with Crippen molar-refractivity contribution in [1.29, 1.82) is 0 Å². The number of rotatable bonds is 4. The summed E-state index contributed by atoms with van der Waals surface area (Å²) in [5.41, 5.74) is 1.35. The molecule has 0 aliphatic carbocycles. The lowest BCUT2D eigenvalue weighted by Crippen LogP contribution is -2.45. The lowest BCUT2D eigenvalue weighted by molar-refractivity contribution is -0.132. The molecule has 7 heteroatoms. The van der Waals surface area contributed by atoms with Crippen LogP contribution in [0.5, 0.6) is 0 Å². The van der Waals surface area contributed by atoms with E-state index in [1.54, 1.807) is 0 Å². The number of aryl methyl sites for hydroxylation is 1. The predicted molar refractivity (Wildman–Crippen MR) is 80.5 cm³/mol. The van der Waals surface area contributed by atoms with E-state index in [9.17, 15) is 4.79 Å². The molecular formula is C15H22N4O3. The maximum Gasteiger partial charge on any atom is 0.355 e. The third-order valence-corrected chi connectivity index (χ3v) is 4.63. The van der Waals surface area contributed by atoms with Crippen LogP contribution in [0.25, 0.3) is 0 Å². The van der Waals surface area contributed by atoms with Gasteiger partial charge < -0.3 is 14.5 Å². The molecule has 120 valence electrons. The number of likely N-dealkylation sites (tertiary alicyclic amines) is 1. The zero-order valence-electron chi connectivity index (χ0n) is 13.1. The Morgan fingerprint density at radius 1 is 1.45 bits per heavy atom. The van der Waals surface area contributed by atoms with Gasteiger partial charge in [-0.2, -0.15) is 5.10 Å². The Morgan fingerprint density at radius 3 is 2.86 bits per heavy atom. The average Bonchev–Trinajstić information content (AvgIpc) is 3.13. The van der Waals surface area contributed by atoms with Gasteiger partial charge in [0.15, 0.2) is 5.71 Å². The molecule has 3 rings (SSSR count). The predicted octanol–water partition coefficient (Wildman–Crippen LogP) is 0.746. The van der Waals surface area contributed by atoms with Crippen molar-refractivity contribution in [2.75, 3.05) is 26.7 Å². The second-order valence-corrected chi connectivity index (χ2v) is 6.02. The van der Waals surface area contributed by atoms with Crippen LogP contribution in [0.3, 0.4) is 0 Å². The third kappa shape index (κ3) is 2.99. The van der Waals surface area contributed by atoms with Gasteiger partial charge in [0.2, 0.25) is 0 Å². The first kappa shape index (κ1) is 15.0. The van der Waals surface area contributed by atoms with E-state index in [0.717, 1.165) is 38.9 Å². The number of hydrogen-bond donors (Lipinski definition) is 0. The average molecular weight is 306 g/mol. The van der Waals surface area contributed by atoms with Crippen LogP contribution in [0.1, 0.15) is 25.0 Å². The number of aromatic nitrogens is 2. The Bertz CT molecular complexity index is 573. The molecule has 1 spiro atoms. The molecule has 1 aromatic rings. The van der Waals surface area contributed by atoms with E-state index >= 15 is 0 Å². The lowest BCUT2D eigenvalue weighted by Gasteiger charge is -2.37. The van der Waals surface area contributed by atoms with Gasteiger partial charge in [0.1, 0.15) is 5.60 Å². The highest BCUT2D eigenvalue weighted by atomic mass is 16.7. The normalized spacial score (nSPS) is 20.7. The molecular weight excluding hydrogens is 284 g/mol. The number of piperidine rings is 1. The number of hydrogen-bond acceptors (Lipinski definition) is 6. The fraction of sp³-hybridized carbons (Fsp3) is 0.667. The second kappa shape index (κ2) is 6.08. The second-order valence-electron chi connectivity index (χ2n) is 6.02. The van der Waals surface area contributed by atoms with E-state index in [-0.39, 0.29) is 11.6 Å². The molecule has 3 heterocycles. The first-order chi connectivity index (χ1) is 10.6. The maximum atomic E-state index is 11.5. The molecule has 2 aliphatic heterocycles. The summed E-state index contributed by atoms with van der Waals surface area (Å²) in [6.07, 6.45) is 5.17. The highest BCUT2D eigenvalue weighted by Crippen LogP contribution is 2.34. The van der Waals surface area contributed by atoms with Gasteiger partial charge in [-0.1, -0.05) is 5.16 Å². The molecule has 1 saturated heterocycles. The number of esters is 1. The smallest absolute Gasteiger partial charge is 0.355 e. The fourth-order valence-corrected chi connectivity index (χ4v) is 3.12. The summed E-state index contributed by atoms with van der Waals surface area (Å²) >= 11 is 0. The maximum absolute atomic E-state index is 11.5. The number of methoxy groups -OCH3 is 1. The van der Waals surface area contributed by atoms with Crippen LogP contribution in [-0.2, 0) is 27.8 Å². The van der Waals surface area contributed by atoms with Gasteiger partial charge in [0.05, 0.1) is 7.11 Å². The lowest BCUT2D eigenvalue weighted by atomic mass is 9.87. The van der Waals surface area contributed by atoms with Crippen molar-refractivity contribution in [2.45, 2.75) is 31.3 Å². The molecule has 0 unspecified atom stereocenters. The molecule has 2 aliphatic rings. The minimum absolute atomic E-state index is 0.299. The van der Waals surface area contributed by atoms with E-state index in [1.807, 2.05) is 17.9 Å². The van der Waals surface area contributed by atoms with E-state index < -0.39 is 0 Å². The molecule has 7 nitrogen and oxygen atoms in total. The molecule has 22 heavy (non-hydrogen) atoms. The van der Waals surface area contributed by atoms with Gasteiger partial charge in [-0.05, 0) is 6.07 Å². The Kier molecular flexibility index (Phi) is 4.15. The van der Waals surface area contributed by atoms with Gasteiger partial charge in [-0.15, -0.1) is 0 Å². The van der Waals surface area contributed by atoms with Crippen LogP contribution < -0.4 is 0 Å². The van der Waals surface area contributed by atoms with Crippen LogP contribution in [0, 0.1) is 0 Å². The molecule has 0 amide bonds. The number of oxime groups is 1. The van der Waals surface area contributed by atoms with Gasteiger partial charge in [-0.3, -0.25) is 4.68 Å². The molecule has 1 fully saturated rings. The van der Waals surface area contributed by atoms with Gasteiger partial charge >= 0.3 is 5.97 Å². The van der Waals surface area contributed by atoms with Crippen LogP contribution in [0.15, 0.2) is 17.4 Å². The molecule has 0 N–H and O–H groups in total. The number of nitrogens with zero attached hydrogens (tertiary/aromatic N) is 4. The fourth-order valence-electron chi connectivity index (χ4n) is 3.12. The molecule has 0 radical (unpaired) electrons. The van der Waals surface area contributed by atoms with Crippen molar-refractivity contribution in [1.82, 2.24) is 14.7 Å². The monoisotopic (exact) mass is 306 g/mol. The van der Waals surface area contributed by atoms with Crippen molar-refractivity contribution in [3.63, 3.8) is 0 Å². The first-order valence-corrected chi connectivity index (χ1v) is 7.64. The minimum Gasteiger partial charge on any atom is -0.464 e. The van der Waals surface area contributed by atoms with Crippen LogP contribution >= 0.6 is 0 Å². The number of ether oxygens (including phenoxy) is 1. The molecule has 1 aromatic heterocycles. The van der Waals surface area contributed by atoms with Crippen molar-refractivity contribution in [3.8, 4) is 0 Å². The topological polar surface area (TPSA) is 69.0 Å². The summed E-state index contributed by atoms with van der Waals surface area (Å²) in [7, 11) is 3.34. The van der Waals surface area contributed by atoms with Crippen LogP contribution in [-0.4, -0.2) is 58.7 Å². The Morgan fingerprint density at radius 2 is 2.23 bits per heavy atom. The summed E-state index contributed by atoms with van der Waals surface area (Å²) < 4.78 is 6.63. The van der Waals surface area contributed by atoms with Crippen molar-refractivity contribution in [2.24, 2.45) is 12.2 Å². The van der Waals surface area contributed by atoms with E-state index in [4.69, 9.17) is 9.57 Å². The van der Waals surface area contributed by atoms with Crippen molar-refractivity contribution < 1.29 is 14.4 Å². The SMILES string of the molecule is COC(=O)C1=NOC2(CCN(CCc3ccnn3C)CC2)C1. The van der Waals surface area contributed by atoms with Gasteiger partial charge in [0, 0.05) is 64.3 Å². The van der Waals surface area contributed by atoms with Crippen molar-refractivity contribution >= 4 is 11.7 Å². The number of carbonyl (C=O) groups is 1. The zero-order valence-corrected chi connectivity index (χ0v) is 13.1. The largest absolute Gasteiger partial charge is 0.464 e. The molecule has 0 bridgehead atoms. The summed E-state index contributed by atoms with van der Waals surface area (Å²) in [5, 5.41) is 8.11. The third-order valence-electron chi connectivity index (χ3n) is 4.63. The van der Waals surface area contributed by atoms with Crippen LogP contribution in [0.4, 0.5) is 0 Å². The van der Waals surface area contributed by atoms with E-state index in [1.165, 1.54) is 12.8 Å². The molecule has 0 atom stereocenters. The Labute approximate surface area is 129 Å². The molecule has 0 saturated carbocycles. The zero-order chi connectivity index (χ0) is 15.6. The highest BCUT2D eigenvalue weighted by molar-refractivity contribution is 6.36. The quantitative estimate of drug-likeness (QED) is 0.768. The van der Waals surface area contributed by atoms with E-state index in [2.05, 4.69) is 21.2 Å². The Balaban J connectivity index is 1.47. The summed E-state index contributed by atoms with van der Waals surface area (Å²) in [6, 6.07) is 2.06. The number of carbonyl (C=O) groups excluding carboxylic acids is 1. The van der Waals surface area contributed by atoms with Gasteiger partial charge in [-0.25, -0.2) is 4.79 Å². The summed E-state index contributed by atoms with van der Waals surface area (Å²) in [5.74, 6) is -0.379. The Hall–Kier alpha value is -1.89. The molecule has 0 aromatic carbocycles. The van der Waals surface area contributed by atoms with Gasteiger partial charge in [0.25, 0.3) is 0 Å². The summed E-state index contributed by atoms with van der Waals surface area (Å²) in [6.45, 7) is 2.93. The highest BCUT2D eigenvalue weighted by Gasteiger charge is 2.43. The van der Waals surface area contributed by atoms with Crippen LogP contribution in [0.2, 0.25) is 0 Å². The van der Waals surface area contributed by atoms with E-state index in [0.29, 0.717) is 12.1 Å². The minimum atomic E-state index is -0.379. The van der Waals surface area contributed by atoms with Crippen molar-refractivity contribution in [3.05, 3.63) is 18.0 Å². The summed E-state index contributed by atoms with van der Waals surface area (Å²) in [4.78, 5) is 19.5.